The Morgan fingerprint density at radius 3 is 2.43 bits per heavy atom. The van der Waals surface area contributed by atoms with Gasteiger partial charge < -0.3 is 19.4 Å². The van der Waals surface area contributed by atoms with Crippen LogP contribution in [0.1, 0.15) is 18.7 Å². The van der Waals surface area contributed by atoms with E-state index in [0.717, 1.165) is 5.69 Å². The fourth-order valence-corrected chi connectivity index (χ4v) is 2.38. The second-order valence-electron chi connectivity index (χ2n) is 5.11. The lowest BCUT2D eigenvalue weighted by Crippen LogP contribution is -2.32. The fourth-order valence-electron chi connectivity index (χ4n) is 2.38. The van der Waals surface area contributed by atoms with Crippen molar-refractivity contribution >= 4 is 11.6 Å². The molecule has 1 amide bonds. The number of nitrogens with one attached hydrogen (secondary N) is 1. The molecular formula is C17H20N2O4. The zero-order chi connectivity index (χ0) is 17.0. The molecule has 0 bridgehead atoms. The number of methoxy groups -OCH3 is 2. The van der Waals surface area contributed by atoms with Crippen LogP contribution in [-0.2, 0) is 4.79 Å². The van der Waals surface area contributed by atoms with Crippen molar-refractivity contribution in [2.45, 2.75) is 19.9 Å². The van der Waals surface area contributed by atoms with E-state index in [0.29, 0.717) is 17.2 Å². The van der Waals surface area contributed by atoms with Crippen LogP contribution in [0.3, 0.4) is 0 Å². The van der Waals surface area contributed by atoms with Gasteiger partial charge in [0.25, 0.3) is 5.56 Å². The minimum Gasteiger partial charge on any atom is -0.493 e. The largest absolute Gasteiger partial charge is 0.493 e. The first-order valence-electron chi connectivity index (χ1n) is 7.19. The van der Waals surface area contributed by atoms with E-state index in [1.54, 1.807) is 51.3 Å². The molecule has 0 fully saturated rings. The molecule has 23 heavy (non-hydrogen) atoms. The predicted octanol–water partition coefficient (Wildman–Crippen LogP) is 2.37. The summed E-state index contributed by atoms with van der Waals surface area (Å²) in [6.45, 7) is 3.48. The van der Waals surface area contributed by atoms with Gasteiger partial charge >= 0.3 is 0 Å². The Kier molecular flexibility index (Phi) is 5.05. The first-order chi connectivity index (χ1) is 11.0. The third-order valence-corrected chi connectivity index (χ3v) is 3.61. The molecule has 1 aromatic heterocycles. The Balaban J connectivity index is 2.23. The van der Waals surface area contributed by atoms with Crippen molar-refractivity contribution in [3.05, 3.63) is 52.4 Å². The van der Waals surface area contributed by atoms with E-state index < -0.39 is 6.04 Å². The summed E-state index contributed by atoms with van der Waals surface area (Å²) in [5.41, 5.74) is 1.09. The highest BCUT2D eigenvalue weighted by Crippen LogP contribution is 2.30. The molecule has 0 radical (unpaired) electrons. The number of aromatic nitrogens is 1. The Labute approximate surface area is 134 Å². The molecule has 0 saturated heterocycles. The van der Waals surface area contributed by atoms with Gasteiger partial charge in [-0.15, -0.1) is 0 Å². The SMILES string of the molecule is COc1ccc(NC(=O)C(C)n2c(C)cccc2=O)cc1OC. The van der Waals surface area contributed by atoms with Crippen molar-refractivity contribution in [1.82, 2.24) is 4.57 Å². The van der Waals surface area contributed by atoms with Gasteiger partial charge in [0.1, 0.15) is 6.04 Å². The highest BCUT2D eigenvalue weighted by molar-refractivity contribution is 5.93. The lowest BCUT2D eigenvalue weighted by Gasteiger charge is -2.18. The molecule has 6 heteroatoms. The molecule has 2 rings (SSSR count). The number of benzene rings is 1. The Morgan fingerprint density at radius 2 is 1.83 bits per heavy atom. The lowest BCUT2D eigenvalue weighted by molar-refractivity contribution is -0.118. The average molecular weight is 316 g/mol. The third kappa shape index (κ3) is 3.53. The summed E-state index contributed by atoms with van der Waals surface area (Å²) in [6, 6.07) is 9.37. The number of rotatable bonds is 5. The third-order valence-electron chi connectivity index (χ3n) is 3.61. The number of anilines is 1. The van der Waals surface area contributed by atoms with Gasteiger partial charge in [0.2, 0.25) is 5.91 Å². The van der Waals surface area contributed by atoms with Gasteiger partial charge in [-0.3, -0.25) is 9.59 Å². The molecule has 0 aliphatic rings. The van der Waals surface area contributed by atoms with Gasteiger partial charge in [0, 0.05) is 23.5 Å². The molecule has 6 nitrogen and oxygen atoms in total. The molecule has 2 aromatic rings. The van der Waals surface area contributed by atoms with Crippen LogP contribution in [0.4, 0.5) is 5.69 Å². The number of carbonyl (C=O) groups is 1. The van der Waals surface area contributed by atoms with Crippen LogP contribution in [0.2, 0.25) is 0 Å². The van der Waals surface area contributed by atoms with Gasteiger partial charge in [-0.05, 0) is 32.0 Å². The highest BCUT2D eigenvalue weighted by atomic mass is 16.5. The van der Waals surface area contributed by atoms with E-state index in [2.05, 4.69) is 5.32 Å². The number of hydrogen-bond donors (Lipinski definition) is 1. The molecule has 1 atom stereocenters. The summed E-state index contributed by atoms with van der Waals surface area (Å²) in [5, 5.41) is 2.79. The molecule has 0 spiro atoms. The quantitative estimate of drug-likeness (QED) is 0.919. The van der Waals surface area contributed by atoms with Crippen LogP contribution in [0.25, 0.3) is 0 Å². The van der Waals surface area contributed by atoms with Crippen molar-refractivity contribution in [2.75, 3.05) is 19.5 Å². The van der Waals surface area contributed by atoms with E-state index >= 15 is 0 Å². The van der Waals surface area contributed by atoms with Crippen LogP contribution in [0, 0.1) is 6.92 Å². The van der Waals surface area contributed by atoms with E-state index in [1.165, 1.54) is 17.7 Å². The molecule has 0 aliphatic carbocycles. The molecule has 122 valence electrons. The molecule has 0 saturated carbocycles. The number of nitrogens with zero attached hydrogens (tertiary/aromatic N) is 1. The standard InChI is InChI=1S/C17H20N2O4/c1-11-6-5-7-16(20)19(11)12(2)17(21)18-13-8-9-14(22-3)15(10-13)23-4/h5-10,12H,1-4H3,(H,18,21). The monoisotopic (exact) mass is 316 g/mol. The Morgan fingerprint density at radius 1 is 1.13 bits per heavy atom. The second kappa shape index (κ2) is 7.00. The first kappa shape index (κ1) is 16.6. The summed E-state index contributed by atoms with van der Waals surface area (Å²) in [6.07, 6.45) is 0. The number of amides is 1. The molecule has 1 aromatic carbocycles. The normalized spacial score (nSPS) is 11.7. The topological polar surface area (TPSA) is 69.6 Å². The van der Waals surface area contributed by atoms with Crippen LogP contribution in [0.15, 0.2) is 41.2 Å². The maximum absolute atomic E-state index is 12.4. The molecular weight excluding hydrogens is 296 g/mol. The van der Waals surface area contributed by atoms with E-state index in [9.17, 15) is 9.59 Å². The van der Waals surface area contributed by atoms with Gasteiger partial charge in [0.15, 0.2) is 11.5 Å². The smallest absolute Gasteiger partial charge is 0.251 e. The molecule has 1 heterocycles. The Hall–Kier alpha value is -2.76. The van der Waals surface area contributed by atoms with Gasteiger partial charge in [0.05, 0.1) is 14.2 Å². The maximum Gasteiger partial charge on any atom is 0.251 e. The summed E-state index contributed by atoms with van der Waals surface area (Å²) < 4.78 is 11.8. The number of carbonyl (C=O) groups excluding carboxylic acids is 1. The molecule has 1 unspecified atom stereocenters. The lowest BCUT2D eigenvalue weighted by atomic mass is 10.2. The number of hydrogen-bond acceptors (Lipinski definition) is 4. The van der Waals surface area contributed by atoms with E-state index in [1.807, 2.05) is 0 Å². The highest BCUT2D eigenvalue weighted by Gasteiger charge is 2.18. The first-order valence-corrected chi connectivity index (χ1v) is 7.19. The van der Waals surface area contributed by atoms with Crippen LogP contribution >= 0.6 is 0 Å². The zero-order valence-electron chi connectivity index (χ0n) is 13.6. The zero-order valence-corrected chi connectivity index (χ0v) is 13.6. The van der Waals surface area contributed by atoms with E-state index in [4.69, 9.17) is 9.47 Å². The van der Waals surface area contributed by atoms with Gasteiger partial charge in [-0.25, -0.2) is 0 Å². The summed E-state index contributed by atoms with van der Waals surface area (Å²) in [7, 11) is 3.07. The second-order valence-corrected chi connectivity index (χ2v) is 5.11. The maximum atomic E-state index is 12.4. The van der Waals surface area contributed by atoms with Crippen molar-refractivity contribution in [3.8, 4) is 11.5 Å². The fraction of sp³-hybridized carbons (Fsp3) is 0.294. The Bertz CT molecular complexity index is 767. The van der Waals surface area contributed by atoms with Crippen molar-refractivity contribution in [2.24, 2.45) is 0 Å². The minimum atomic E-state index is -0.628. The van der Waals surface area contributed by atoms with E-state index in [-0.39, 0.29) is 11.5 Å². The van der Waals surface area contributed by atoms with Crippen molar-refractivity contribution < 1.29 is 14.3 Å². The number of aryl methyl sites for hydroxylation is 1. The van der Waals surface area contributed by atoms with Gasteiger partial charge in [-0.2, -0.15) is 0 Å². The van der Waals surface area contributed by atoms with Crippen molar-refractivity contribution in [1.29, 1.82) is 0 Å². The molecule has 1 N–H and O–H groups in total. The van der Waals surface area contributed by atoms with Crippen LogP contribution in [-0.4, -0.2) is 24.7 Å². The average Bonchev–Trinajstić information content (AvgIpc) is 2.54. The van der Waals surface area contributed by atoms with Crippen LogP contribution < -0.4 is 20.3 Å². The number of pyridine rings is 1. The van der Waals surface area contributed by atoms with Crippen LogP contribution in [0.5, 0.6) is 11.5 Å². The van der Waals surface area contributed by atoms with Gasteiger partial charge in [-0.1, -0.05) is 6.07 Å². The minimum absolute atomic E-state index is 0.208. The predicted molar refractivity (Wildman–Crippen MR) is 88.3 cm³/mol. The van der Waals surface area contributed by atoms with Crippen molar-refractivity contribution in [3.63, 3.8) is 0 Å². The summed E-state index contributed by atoms with van der Waals surface area (Å²) >= 11 is 0. The summed E-state index contributed by atoms with van der Waals surface area (Å²) in [5.74, 6) is 0.813. The summed E-state index contributed by atoms with van der Waals surface area (Å²) in [4.78, 5) is 24.4. The number of ether oxygens (including phenoxy) is 2. The molecule has 0 aliphatic heterocycles.